The molecule has 1 fully saturated rings. The van der Waals surface area contributed by atoms with Crippen molar-refractivity contribution in [1.29, 1.82) is 0 Å². The van der Waals surface area contributed by atoms with Gasteiger partial charge < -0.3 is 14.3 Å². The van der Waals surface area contributed by atoms with E-state index in [0.717, 1.165) is 17.9 Å². The molecule has 1 aliphatic heterocycles. The fourth-order valence-corrected chi connectivity index (χ4v) is 1.64. The van der Waals surface area contributed by atoms with Crippen LogP contribution in [-0.4, -0.2) is 24.4 Å². The molecule has 2 atom stereocenters. The lowest BCUT2D eigenvalue weighted by Gasteiger charge is -2.09. The molecule has 0 radical (unpaired) electrons. The summed E-state index contributed by atoms with van der Waals surface area (Å²) in [5.74, 6) is 2.06. The van der Waals surface area contributed by atoms with Gasteiger partial charge in [-0.3, -0.25) is 0 Å². The number of aryl methyl sites for hydroxylation is 1. The molecule has 72 valence electrons. The molecule has 0 aliphatic carbocycles. The lowest BCUT2D eigenvalue weighted by Crippen LogP contribution is -2.19. The normalized spacial score (nSPS) is 28.2. The maximum absolute atomic E-state index is 9.49. The van der Waals surface area contributed by atoms with Crippen molar-refractivity contribution in [1.82, 2.24) is 0 Å². The van der Waals surface area contributed by atoms with Gasteiger partial charge in [-0.05, 0) is 19.1 Å². The maximum atomic E-state index is 9.49. The Kier molecular flexibility index (Phi) is 2.38. The summed E-state index contributed by atoms with van der Waals surface area (Å²) in [6.45, 7) is 3.02. The molecule has 0 aromatic carbocycles. The summed E-state index contributed by atoms with van der Waals surface area (Å²) >= 11 is 0. The highest BCUT2D eigenvalue weighted by molar-refractivity contribution is 5.06. The van der Waals surface area contributed by atoms with E-state index in [9.17, 15) is 5.11 Å². The van der Waals surface area contributed by atoms with Crippen LogP contribution in [0.2, 0.25) is 0 Å². The third-order valence-electron chi connectivity index (χ3n) is 2.42. The van der Waals surface area contributed by atoms with Crippen LogP contribution in [0.1, 0.15) is 11.5 Å². The number of rotatable bonds is 2. The number of hydrogen-bond donors (Lipinski definition) is 1. The van der Waals surface area contributed by atoms with E-state index in [-0.39, 0.29) is 12.0 Å². The average Bonchev–Trinajstić information content (AvgIpc) is 2.64. The molecule has 0 spiro atoms. The largest absolute Gasteiger partial charge is 0.466 e. The Hall–Kier alpha value is -0.800. The minimum Gasteiger partial charge on any atom is -0.466 e. The van der Waals surface area contributed by atoms with Crippen LogP contribution in [-0.2, 0) is 11.2 Å². The van der Waals surface area contributed by atoms with Gasteiger partial charge in [0.1, 0.15) is 11.5 Å². The van der Waals surface area contributed by atoms with Crippen molar-refractivity contribution in [2.75, 3.05) is 13.2 Å². The summed E-state index contributed by atoms with van der Waals surface area (Å²) < 4.78 is 10.6. The number of hydrogen-bond acceptors (Lipinski definition) is 3. The van der Waals surface area contributed by atoms with Gasteiger partial charge in [0.2, 0.25) is 0 Å². The smallest absolute Gasteiger partial charge is 0.104 e. The van der Waals surface area contributed by atoms with Gasteiger partial charge >= 0.3 is 0 Å². The van der Waals surface area contributed by atoms with E-state index in [1.165, 1.54) is 0 Å². The minimum atomic E-state index is -0.328. The highest BCUT2D eigenvalue weighted by atomic mass is 16.5. The zero-order valence-corrected chi connectivity index (χ0v) is 7.69. The van der Waals surface area contributed by atoms with Crippen LogP contribution in [0.4, 0.5) is 0 Å². The van der Waals surface area contributed by atoms with Crippen molar-refractivity contribution in [2.24, 2.45) is 5.92 Å². The van der Waals surface area contributed by atoms with Crippen LogP contribution in [0, 0.1) is 12.8 Å². The van der Waals surface area contributed by atoms with Crippen LogP contribution in [0.5, 0.6) is 0 Å². The SMILES string of the molecule is Cc1ccc(CC2COCC2O)o1. The Labute approximate surface area is 77.3 Å². The minimum absolute atomic E-state index is 0.200. The predicted octanol–water partition coefficient (Wildman–Crippen LogP) is 1.14. The summed E-state index contributed by atoms with van der Waals surface area (Å²) in [7, 11) is 0. The summed E-state index contributed by atoms with van der Waals surface area (Å²) in [5, 5.41) is 9.49. The zero-order valence-electron chi connectivity index (χ0n) is 7.69. The molecule has 3 heteroatoms. The van der Waals surface area contributed by atoms with E-state index in [2.05, 4.69) is 0 Å². The third kappa shape index (κ3) is 1.92. The van der Waals surface area contributed by atoms with Gasteiger partial charge in [-0.15, -0.1) is 0 Å². The molecule has 0 bridgehead atoms. The molecule has 1 aromatic heterocycles. The first-order chi connectivity index (χ1) is 6.25. The second kappa shape index (κ2) is 3.52. The topological polar surface area (TPSA) is 42.6 Å². The maximum Gasteiger partial charge on any atom is 0.104 e. The summed E-state index contributed by atoms with van der Waals surface area (Å²) in [6, 6.07) is 3.90. The van der Waals surface area contributed by atoms with Crippen LogP contribution in [0.15, 0.2) is 16.5 Å². The van der Waals surface area contributed by atoms with Crippen LogP contribution in [0.3, 0.4) is 0 Å². The molecule has 2 rings (SSSR count). The first kappa shape index (κ1) is 8.78. The first-order valence-corrected chi connectivity index (χ1v) is 4.57. The van der Waals surface area contributed by atoms with Crippen molar-refractivity contribution in [3.63, 3.8) is 0 Å². The Morgan fingerprint density at radius 1 is 1.46 bits per heavy atom. The van der Waals surface area contributed by atoms with E-state index in [1.54, 1.807) is 0 Å². The molecule has 1 N–H and O–H groups in total. The Bertz CT molecular complexity index is 279. The van der Waals surface area contributed by atoms with Crippen molar-refractivity contribution in [2.45, 2.75) is 19.4 Å². The van der Waals surface area contributed by atoms with E-state index >= 15 is 0 Å². The van der Waals surface area contributed by atoms with Gasteiger partial charge in [0.15, 0.2) is 0 Å². The number of aliphatic hydroxyl groups is 1. The molecule has 0 amide bonds. The zero-order chi connectivity index (χ0) is 9.26. The summed E-state index contributed by atoms with van der Waals surface area (Å²) in [4.78, 5) is 0. The van der Waals surface area contributed by atoms with Gasteiger partial charge in [-0.25, -0.2) is 0 Å². The van der Waals surface area contributed by atoms with E-state index in [0.29, 0.717) is 13.2 Å². The van der Waals surface area contributed by atoms with E-state index in [4.69, 9.17) is 9.15 Å². The monoisotopic (exact) mass is 182 g/mol. The standard InChI is InChI=1S/C10H14O3/c1-7-2-3-9(13-7)4-8-5-12-6-10(8)11/h2-3,8,10-11H,4-6H2,1H3. The Morgan fingerprint density at radius 3 is 2.85 bits per heavy atom. The fourth-order valence-electron chi connectivity index (χ4n) is 1.64. The van der Waals surface area contributed by atoms with Gasteiger partial charge in [-0.1, -0.05) is 0 Å². The molecule has 1 aliphatic rings. The first-order valence-electron chi connectivity index (χ1n) is 4.57. The molecular weight excluding hydrogens is 168 g/mol. The Morgan fingerprint density at radius 2 is 2.31 bits per heavy atom. The Balaban J connectivity index is 1.97. The molecule has 2 unspecified atom stereocenters. The molecule has 2 heterocycles. The predicted molar refractivity (Wildman–Crippen MR) is 47.5 cm³/mol. The van der Waals surface area contributed by atoms with Crippen molar-refractivity contribution < 1.29 is 14.3 Å². The van der Waals surface area contributed by atoms with Crippen LogP contribution >= 0.6 is 0 Å². The van der Waals surface area contributed by atoms with Crippen LogP contribution in [0.25, 0.3) is 0 Å². The van der Waals surface area contributed by atoms with Gasteiger partial charge in [0.25, 0.3) is 0 Å². The number of ether oxygens (including phenoxy) is 1. The van der Waals surface area contributed by atoms with Crippen molar-refractivity contribution >= 4 is 0 Å². The number of furan rings is 1. The molecule has 1 saturated heterocycles. The molecule has 3 nitrogen and oxygen atoms in total. The second-order valence-corrected chi connectivity index (χ2v) is 3.58. The highest BCUT2D eigenvalue weighted by Gasteiger charge is 2.26. The molecular formula is C10H14O3. The van der Waals surface area contributed by atoms with Crippen molar-refractivity contribution in [3.8, 4) is 0 Å². The van der Waals surface area contributed by atoms with Crippen molar-refractivity contribution in [3.05, 3.63) is 23.7 Å². The van der Waals surface area contributed by atoms with Gasteiger partial charge in [0, 0.05) is 12.3 Å². The lowest BCUT2D eigenvalue weighted by molar-refractivity contribution is 0.117. The molecule has 13 heavy (non-hydrogen) atoms. The van der Waals surface area contributed by atoms with E-state index in [1.807, 2.05) is 19.1 Å². The van der Waals surface area contributed by atoms with Gasteiger partial charge in [-0.2, -0.15) is 0 Å². The summed E-state index contributed by atoms with van der Waals surface area (Å²) in [6.07, 6.45) is 0.444. The van der Waals surface area contributed by atoms with E-state index < -0.39 is 0 Å². The lowest BCUT2D eigenvalue weighted by atomic mass is 10.0. The highest BCUT2D eigenvalue weighted by Crippen LogP contribution is 2.20. The quantitative estimate of drug-likeness (QED) is 0.745. The summed E-state index contributed by atoms with van der Waals surface area (Å²) in [5.41, 5.74) is 0. The van der Waals surface area contributed by atoms with Gasteiger partial charge in [0.05, 0.1) is 19.3 Å². The van der Waals surface area contributed by atoms with Crippen LogP contribution < -0.4 is 0 Å². The third-order valence-corrected chi connectivity index (χ3v) is 2.42. The second-order valence-electron chi connectivity index (χ2n) is 3.58. The number of aliphatic hydroxyl groups excluding tert-OH is 1. The fraction of sp³-hybridized carbons (Fsp3) is 0.600. The molecule has 0 saturated carbocycles. The average molecular weight is 182 g/mol. The molecule has 1 aromatic rings.